The molecule has 2 saturated heterocycles. The topological polar surface area (TPSA) is 112 Å². The van der Waals surface area contributed by atoms with Gasteiger partial charge in [0.15, 0.2) is 11.2 Å². The Kier molecular flexibility index (Phi) is 7.44. The van der Waals surface area contributed by atoms with Crippen LogP contribution in [-0.2, 0) is 16.1 Å². The molecule has 1 aromatic heterocycles. The zero-order chi connectivity index (χ0) is 26.6. The summed E-state index contributed by atoms with van der Waals surface area (Å²) in [6, 6.07) is 14.5. The Morgan fingerprint density at radius 2 is 1.82 bits per heavy atom. The zero-order valence-electron chi connectivity index (χ0n) is 21.5. The minimum Gasteiger partial charge on any atom is -0.451 e. The number of rotatable bonds is 7. The average molecular weight is 517 g/mol. The summed E-state index contributed by atoms with van der Waals surface area (Å²) >= 11 is 0. The van der Waals surface area contributed by atoms with Crippen LogP contribution in [0.5, 0.6) is 0 Å². The third-order valence-corrected chi connectivity index (χ3v) is 7.51. The number of benzene rings is 2. The van der Waals surface area contributed by atoms with Crippen LogP contribution in [0.15, 0.2) is 57.7 Å². The van der Waals surface area contributed by atoms with E-state index in [4.69, 9.17) is 4.42 Å². The van der Waals surface area contributed by atoms with E-state index in [9.17, 15) is 19.2 Å². The van der Waals surface area contributed by atoms with Crippen molar-refractivity contribution in [3.05, 3.63) is 75.6 Å². The maximum absolute atomic E-state index is 12.8. The molecule has 2 N–H and O–H groups in total. The molecule has 0 atom stereocenters. The number of fused-ring (bicyclic) bond motifs is 1. The van der Waals surface area contributed by atoms with E-state index in [2.05, 4.69) is 22.8 Å². The zero-order valence-corrected chi connectivity index (χ0v) is 21.5. The fourth-order valence-electron chi connectivity index (χ4n) is 5.37. The number of amides is 3. The molecule has 0 spiro atoms. The molecule has 3 aromatic rings. The second kappa shape index (κ2) is 11.1. The standard InChI is InChI=1S/C29H32N4O5/c1-30-21-8-9-25-23(15-21)24(34)16-26(38-25)29(37)31-17-28(36)32-13-10-19(11-14-32)22-6-3-2-5-20(22)18-33-12-4-7-27(33)35/h2-3,5-6,8-9,15-16,19,30H,4,7,10-14,17-18H2,1H3,(H,31,37). The lowest BCUT2D eigenvalue weighted by Crippen LogP contribution is -2.44. The molecule has 38 heavy (non-hydrogen) atoms. The van der Waals surface area contributed by atoms with E-state index >= 15 is 0 Å². The molecule has 198 valence electrons. The lowest BCUT2D eigenvalue weighted by Gasteiger charge is -2.33. The maximum Gasteiger partial charge on any atom is 0.287 e. The molecule has 0 bridgehead atoms. The highest BCUT2D eigenvalue weighted by Crippen LogP contribution is 2.31. The Morgan fingerprint density at radius 3 is 2.55 bits per heavy atom. The van der Waals surface area contributed by atoms with Gasteiger partial charge in [-0.2, -0.15) is 0 Å². The number of hydrogen-bond acceptors (Lipinski definition) is 6. The van der Waals surface area contributed by atoms with Crippen molar-refractivity contribution in [3.63, 3.8) is 0 Å². The summed E-state index contributed by atoms with van der Waals surface area (Å²) < 4.78 is 5.62. The van der Waals surface area contributed by atoms with Crippen LogP contribution in [0.4, 0.5) is 5.69 Å². The Hall–Kier alpha value is -4.14. The number of piperidine rings is 1. The van der Waals surface area contributed by atoms with Gasteiger partial charge in [-0.3, -0.25) is 19.2 Å². The van der Waals surface area contributed by atoms with Gasteiger partial charge in [-0.1, -0.05) is 24.3 Å². The lowest BCUT2D eigenvalue weighted by atomic mass is 9.86. The van der Waals surface area contributed by atoms with Gasteiger partial charge in [0.2, 0.25) is 11.8 Å². The first kappa shape index (κ1) is 25.5. The molecule has 0 radical (unpaired) electrons. The van der Waals surface area contributed by atoms with Crippen molar-refractivity contribution in [2.45, 2.75) is 38.1 Å². The summed E-state index contributed by atoms with van der Waals surface area (Å²) in [5, 5.41) is 5.93. The highest BCUT2D eigenvalue weighted by atomic mass is 16.3. The molecular weight excluding hydrogens is 484 g/mol. The molecule has 2 aliphatic heterocycles. The van der Waals surface area contributed by atoms with Crippen LogP contribution >= 0.6 is 0 Å². The van der Waals surface area contributed by atoms with Crippen LogP contribution in [0, 0.1) is 0 Å². The normalized spacial score (nSPS) is 16.2. The third-order valence-electron chi connectivity index (χ3n) is 7.51. The molecule has 9 heteroatoms. The third kappa shape index (κ3) is 5.41. The lowest BCUT2D eigenvalue weighted by molar-refractivity contribution is -0.131. The van der Waals surface area contributed by atoms with Crippen molar-refractivity contribution in [3.8, 4) is 0 Å². The Labute approximate surface area is 220 Å². The largest absolute Gasteiger partial charge is 0.451 e. The first-order chi connectivity index (χ1) is 18.4. The molecule has 9 nitrogen and oxygen atoms in total. The van der Waals surface area contributed by atoms with Gasteiger partial charge in [0.25, 0.3) is 5.91 Å². The van der Waals surface area contributed by atoms with Crippen LogP contribution in [-0.4, -0.2) is 60.7 Å². The van der Waals surface area contributed by atoms with Crippen LogP contribution < -0.4 is 16.1 Å². The highest BCUT2D eigenvalue weighted by molar-refractivity contribution is 5.95. The number of nitrogens with one attached hydrogen (secondary N) is 2. The monoisotopic (exact) mass is 516 g/mol. The van der Waals surface area contributed by atoms with Crippen molar-refractivity contribution >= 4 is 34.4 Å². The van der Waals surface area contributed by atoms with Crippen molar-refractivity contribution in [1.29, 1.82) is 0 Å². The van der Waals surface area contributed by atoms with E-state index in [1.165, 1.54) is 11.1 Å². The Morgan fingerprint density at radius 1 is 1.03 bits per heavy atom. The summed E-state index contributed by atoms with van der Waals surface area (Å²) in [4.78, 5) is 53.7. The van der Waals surface area contributed by atoms with E-state index in [1.54, 1.807) is 30.1 Å². The van der Waals surface area contributed by atoms with Gasteiger partial charge >= 0.3 is 0 Å². The smallest absolute Gasteiger partial charge is 0.287 e. The van der Waals surface area contributed by atoms with Gasteiger partial charge in [0.1, 0.15) is 5.58 Å². The van der Waals surface area contributed by atoms with Crippen molar-refractivity contribution in [1.82, 2.24) is 15.1 Å². The van der Waals surface area contributed by atoms with Crippen LogP contribution in [0.2, 0.25) is 0 Å². The SMILES string of the molecule is CNc1ccc2oc(C(=O)NCC(=O)N3CCC(c4ccccc4CN4CCCC4=O)CC3)cc(=O)c2c1. The summed E-state index contributed by atoms with van der Waals surface area (Å²) in [6.45, 7) is 2.47. The summed E-state index contributed by atoms with van der Waals surface area (Å²) in [6.07, 6.45) is 3.18. The quantitative estimate of drug-likeness (QED) is 0.499. The number of carbonyl (C=O) groups excluding carboxylic acids is 3. The van der Waals surface area contributed by atoms with Crippen molar-refractivity contribution in [2.75, 3.05) is 38.5 Å². The summed E-state index contributed by atoms with van der Waals surface area (Å²) in [5.74, 6) is -0.366. The van der Waals surface area contributed by atoms with Gasteiger partial charge in [-0.05, 0) is 54.5 Å². The first-order valence-electron chi connectivity index (χ1n) is 13.1. The van der Waals surface area contributed by atoms with Crippen molar-refractivity contribution in [2.24, 2.45) is 0 Å². The molecule has 2 fully saturated rings. The molecule has 0 aliphatic carbocycles. The minimum atomic E-state index is -0.602. The number of likely N-dealkylation sites (tertiary alicyclic amines) is 2. The molecule has 0 unspecified atom stereocenters. The van der Waals surface area contributed by atoms with E-state index in [0.29, 0.717) is 42.9 Å². The summed E-state index contributed by atoms with van der Waals surface area (Å²) in [5.41, 5.74) is 3.18. The number of carbonyl (C=O) groups is 3. The molecule has 5 rings (SSSR count). The Bertz CT molecular complexity index is 1420. The van der Waals surface area contributed by atoms with E-state index in [0.717, 1.165) is 37.6 Å². The second-order valence-corrected chi connectivity index (χ2v) is 9.89. The molecule has 3 heterocycles. The number of anilines is 1. The first-order valence-corrected chi connectivity index (χ1v) is 13.1. The fraction of sp³-hybridized carbons (Fsp3) is 0.379. The molecular formula is C29H32N4O5. The Balaban J connectivity index is 1.16. The molecule has 0 saturated carbocycles. The van der Waals surface area contributed by atoms with Gasteiger partial charge in [0, 0.05) is 51.4 Å². The molecule has 3 amide bonds. The van der Waals surface area contributed by atoms with E-state index < -0.39 is 5.91 Å². The highest BCUT2D eigenvalue weighted by Gasteiger charge is 2.27. The predicted molar refractivity (Wildman–Crippen MR) is 144 cm³/mol. The average Bonchev–Trinajstić information content (AvgIpc) is 3.35. The second-order valence-electron chi connectivity index (χ2n) is 9.89. The molecule has 2 aromatic carbocycles. The summed E-state index contributed by atoms with van der Waals surface area (Å²) in [7, 11) is 1.75. The van der Waals surface area contributed by atoms with Gasteiger partial charge in [-0.15, -0.1) is 0 Å². The fourth-order valence-corrected chi connectivity index (χ4v) is 5.37. The van der Waals surface area contributed by atoms with E-state index in [-0.39, 0.29) is 29.5 Å². The van der Waals surface area contributed by atoms with Crippen LogP contribution in [0.25, 0.3) is 11.0 Å². The predicted octanol–water partition coefficient (Wildman–Crippen LogP) is 3.09. The van der Waals surface area contributed by atoms with Crippen molar-refractivity contribution < 1.29 is 18.8 Å². The maximum atomic E-state index is 12.8. The number of hydrogen-bond donors (Lipinski definition) is 2. The van der Waals surface area contributed by atoms with E-state index in [1.807, 2.05) is 17.0 Å². The molecule has 2 aliphatic rings. The van der Waals surface area contributed by atoms with Gasteiger partial charge < -0.3 is 24.9 Å². The van der Waals surface area contributed by atoms with Crippen LogP contribution in [0.1, 0.15) is 53.3 Å². The number of nitrogens with zero attached hydrogens (tertiary/aromatic N) is 2. The van der Waals surface area contributed by atoms with Crippen LogP contribution in [0.3, 0.4) is 0 Å². The minimum absolute atomic E-state index is 0.126. The van der Waals surface area contributed by atoms with Gasteiger partial charge in [-0.25, -0.2) is 0 Å². The van der Waals surface area contributed by atoms with Gasteiger partial charge in [0.05, 0.1) is 11.9 Å².